The van der Waals surface area contributed by atoms with Crippen LogP contribution in [0.25, 0.3) is 0 Å². The van der Waals surface area contributed by atoms with Crippen molar-refractivity contribution in [2.75, 3.05) is 11.9 Å². The van der Waals surface area contributed by atoms with Gasteiger partial charge >= 0.3 is 12.0 Å². The van der Waals surface area contributed by atoms with Gasteiger partial charge in [-0.1, -0.05) is 20.8 Å². The number of hydrogen-bond donors (Lipinski definition) is 3. The Morgan fingerprint density at radius 3 is 2.61 bits per heavy atom. The Labute approximate surface area is 110 Å². The Kier molecular flexibility index (Phi) is 4.72. The van der Waals surface area contributed by atoms with E-state index in [9.17, 15) is 9.59 Å². The van der Waals surface area contributed by atoms with Crippen molar-refractivity contribution < 1.29 is 14.7 Å². The van der Waals surface area contributed by atoms with Gasteiger partial charge in [-0.25, -0.2) is 9.59 Å². The molecule has 0 aliphatic heterocycles. The summed E-state index contributed by atoms with van der Waals surface area (Å²) in [5, 5.41) is 16.1. The fourth-order valence-electron chi connectivity index (χ4n) is 1.27. The molecule has 2 amide bonds. The monoisotopic (exact) mass is 270 g/mol. The van der Waals surface area contributed by atoms with Crippen LogP contribution in [-0.2, 0) is 0 Å². The van der Waals surface area contributed by atoms with Crippen LogP contribution in [0.1, 0.15) is 37.6 Å². The molecule has 0 aliphatic carbocycles. The lowest BCUT2D eigenvalue weighted by Crippen LogP contribution is -2.31. The Morgan fingerprint density at radius 2 is 2.06 bits per heavy atom. The highest BCUT2D eigenvalue weighted by atomic mass is 32.1. The van der Waals surface area contributed by atoms with Crippen molar-refractivity contribution in [3.8, 4) is 0 Å². The number of carboxylic acids is 1. The van der Waals surface area contributed by atoms with E-state index in [1.807, 2.05) is 0 Å². The number of thiophene rings is 1. The van der Waals surface area contributed by atoms with Crippen molar-refractivity contribution in [3.63, 3.8) is 0 Å². The number of amides is 2. The van der Waals surface area contributed by atoms with Crippen molar-refractivity contribution >= 4 is 28.3 Å². The first-order chi connectivity index (χ1) is 8.29. The average Bonchev–Trinajstić information content (AvgIpc) is 2.63. The van der Waals surface area contributed by atoms with Crippen LogP contribution < -0.4 is 10.6 Å². The minimum atomic E-state index is -1.04. The van der Waals surface area contributed by atoms with E-state index in [4.69, 9.17) is 5.11 Å². The molecule has 0 aromatic carbocycles. The summed E-state index contributed by atoms with van der Waals surface area (Å²) in [6, 6.07) is 1.10. The third-order valence-electron chi connectivity index (χ3n) is 2.28. The molecule has 3 N–H and O–H groups in total. The summed E-state index contributed by atoms with van der Waals surface area (Å²) in [4.78, 5) is 22.4. The molecule has 100 valence electrons. The number of hydrogen-bond acceptors (Lipinski definition) is 3. The van der Waals surface area contributed by atoms with E-state index in [0.29, 0.717) is 11.5 Å². The number of carbonyl (C=O) groups excluding carboxylic acids is 1. The molecule has 1 aromatic heterocycles. The van der Waals surface area contributed by atoms with Crippen LogP contribution in [0.5, 0.6) is 0 Å². The van der Waals surface area contributed by atoms with Gasteiger partial charge in [-0.15, -0.1) is 11.3 Å². The van der Waals surface area contributed by atoms with Crippen molar-refractivity contribution in [3.05, 3.63) is 17.0 Å². The maximum absolute atomic E-state index is 11.6. The summed E-state index contributed by atoms with van der Waals surface area (Å²) < 4.78 is 0. The molecule has 0 unspecified atom stereocenters. The molecule has 1 rings (SSSR count). The lowest BCUT2D eigenvalue weighted by Gasteiger charge is -2.18. The van der Waals surface area contributed by atoms with Crippen LogP contribution in [0.4, 0.5) is 9.80 Å². The van der Waals surface area contributed by atoms with Crippen molar-refractivity contribution in [1.29, 1.82) is 0 Å². The highest BCUT2D eigenvalue weighted by Crippen LogP contribution is 2.23. The van der Waals surface area contributed by atoms with Crippen molar-refractivity contribution in [2.45, 2.75) is 27.2 Å². The van der Waals surface area contributed by atoms with Crippen LogP contribution in [-0.4, -0.2) is 23.7 Å². The van der Waals surface area contributed by atoms with Gasteiger partial charge < -0.3 is 10.4 Å². The van der Waals surface area contributed by atoms with Gasteiger partial charge in [0, 0.05) is 6.54 Å². The summed E-state index contributed by atoms with van der Waals surface area (Å²) in [5.74, 6) is -1.04. The van der Waals surface area contributed by atoms with Crippen molar-refractivity contribution in [1.82, 2.24) is 5.32 Å². The zero-order chi connectivity index (χ0) is 13.8. The fourth-order valence-corrected chi connectivity index (χ4v) is 2.05. The van der Waals surface area contributed by atoms with Gasteiger partial charge in [0.15, 0.2) is 0 Å². The van der Waals surface area contributed by atoms with Crippen LogP contribution in [0.15, 0.2) is 11.4 Å². The number of anilines is 1. The van der Waals surface area contributed by atoms with Gasteiger partial charge in [0.05, 0.1) is 5.56 Å². The summed E-state index contributed by atoms with van der Waals surface area (Å²) in [7, 11) is 0. The second-order valence-corrected chi connectivity index (χ2v) is 6.08. The van der Waals surface area contributed by atoms with Gasteiger partial charge in [-0.2, -0.15) is 0 Å². The predicted octanol–water partition coefficient (Wildman–Crippen LogP) is 3.00. The van der Waals surface area contributed by atoms with E-state index in [1.165, 1.54) is 17.4 Å². The molecule has 0 atom stereocenters. The molecular formula is C12H18N2O3S. The largest absolute Gasteiger partial charge is 0.478 e. The first-order valence-electron chi connectivity index (χ1n) is 5.65. The third-order valence-corrected chi connectivity index (χ3v) is 3.11. The molecule has 18 heavy (non-hydrogen) atoms. The van der Waals surface area contributed by atoms with Gasteiger partial charge in [-0.05, 0) is 23.3 Å². The maximum Gasteiger partial charge on any atom is 0.338 e. The van der Waals surface area contributed by atoms with Crippen LogP contribution in [0, 0.1) is 5.41 Å². The highest BCUT2D eigenvalue weighted by Gasteiger charge is 2.14. The Hall–Kier alpha value is -1.56. The molecule has 0 fully saturated rings. The van der Waals surface area contributed by atoms with E-state index in [0.717, 1.165) is 6.42 Å². The average molecular weight is 270 g/mol. The second kappa shape index (κ2) is 5.86. The van der Waals surface area contributed by atoms with E-state index < -0.39 is 5.97 Å². The van der Waals surface area contributed by atoms with Gasteiger partial charge in [0.2, 0.25) is 0 Å². The molecule has 6 heteroatoms. The van der Waals surface area contributed by atoms with E-state index in [2.05, 4.69) is 31.4 Å². The number of urea groups is 1. The SMILES string of the molecule is CC(C)(C)CCNC(=O)Nc1sccc1C(=O)O. The van der Waals surface area contributed by atoms with Gasteiger partial charge in [0.25, 0.3) is 0 Å². The molecule has 0 saturated heterocycles. The van der Waals surface area contributed by atoms with Crippen LogP contribution in [0.2, 0.25) is 0 Å². The Morgan fingerprint density at radius 1 is 1.39 bits per heavy atom. The van der Waals surface area contributed by atoms with Gasteiger partial charge in [0.1, 0.15) is 5.00 Å². The second-order valence-electron chi connectivity index (χ2n) is 5.16. The molecule has 5 nitrogen and oxygen atoms in total. The van der Waals surface area contributed by atoms with E-state index in [-0.39, 0.29) is 17.0 Å². The molecule has 0 bridgehead atoms. The lowest BCUT2D eigenvalue weighted by molar-refractivity contribution is 0.0698. The molecule has 0 aliphatic rings. The fraction of sp³-hybridized carbons (Fsp3) is 0.500. The smallest absolute Gasteiger partial charge is 0.338 e. The first-order valence-corrected chi connectivity index (χ1v) is 6.53. The topological polar surface area (TPSA) is 78.4 Å². The zero-order valence-electron chi connectivity index (χ0n) is 10.7. The standard InChI is InChI=1S/C12H18N2O3S/c1-12(2,3)5-6-13-11(17)14-9-8(10(15)16)4-7-18-9/h4,7H,5-6H2,1-3H3,(H,15,16)(H2,13,14,17). The predicted molar refractivity (Wildman–Crippen MR) is 72.4 cm³/mol. The van der Waals surface area contributed by atoms with E-state index >= 15 is 0 Å². The summed E-state index contributed by atoms with van der Waals surface area (Å²) in [6.07, 6.45) is 0.858. The minimum Gasteiger partial charge on any atom is -0.478 e. The number of rotatable bonds is 4. The summed E-state index contributed by atoms with van der Waals surface area (Å²) in [5.41, 5.74) is 0.272. The Balaban J connectivity index is 2.45. The number of carboxylic acid groups (broad SMARTS) is 1. The van der Waals surface area contributed by atoms with E-state index in [1.54, 1.807) is 5.38 Å². The van der Waals surface area contributed by atoms with Gasteiger partial charge in [-0.3, -0.25) is 5.32 Å². The maximum atomic E-state index is 11.6. The third kappa shape index (κ3) is 4.75. The highest BCUT2D eigenvalue weighted by molar-refractivity contribution is 7.14. The summed E-state index contributed by atoms with van der Waals surface area (Å²) in [6.45, 7) is 6.83. The molecule has 0 saturated carbocycles. The molecular weight excluding hydrogens is 252 g/mol. The lowest BCUT2D eigenvalue weighted by atomic mass is 9.92. The number of aromatic carboxylic acids is 1. The first kappa shape index (κ1) is 14.5. The number of nitrogens with one attached hydrogen (secondary N) is 2. The molecule has 0 radical (unpaired) electrons. The summed E-state index contributed by atoms with van der Waals surface area (Å²) >= 11 is 1.19. The molecule has 0 spiro atoms. The molecule has 1 aromatic rings. The van der Waals surface area contributed by atoms with Crippen LogP contribution in [0.3, 0.4) is 0 Å². The number of carbonyl (C=O) groups is 2. The zero-order valence-corrected chi connectivity index (χ0v) is 11.6. The van der Waals surface area contributed by atoms with Crippen LogP contribution >= 0.6 is 11.3 Å². The minimum absolute atomic E-state index is 0.117. The normalized spacial score (nSPS) is 11.1. The van der Waals surface area contributed by atoms with Crippen molar-refractivity contribution in [2.24, 2.45) is 5.41 Å². The Bertz CT molecular complexity index is 435. The molecule has 1 heterocycles. The quantitative estimate of drug-likeness (QED) is 0.787.